The summed E-state index contributed by atoms with van der Waals surface area (Å²) < 4.78 is 80.5. The van der Waals surface area contributed by atoms with Crippen LogP contribution in [0.3, 0.4) is 0 Å². The van der Waals surface area contributed by atoms with Gasteiger partial charge in [0.05, 0.1) is 4.90 Å². The number of nitrogens with one attached hydrogen (secondary N) is 1. The van der Waals surface area contributed by atoms with Gasteiger partial charge in [0.25, 0.3) is 5.91 Å². The van der Waals surface area contributed by atoms with Crippen LogP contribution in [0.4, 0.5) is 23.2 Å². The number of benzene rings is 4. The van der Waals surface area contributed by atoms with Crippen molar-refractivity contribution in [1.29, 1.82) is 0 Å². The Morgan fingerprint density at radius 2 is 1.49 bits per heavy atom. The van der Waals surface area contributed by atoms with Crippen LogP contribution in [0.15, 0.2) is 95.9 Å². The number of halogens is 4. The van der Waals surface area contributed by atoms with Gasteiger partial charge in [0.15, 0.2) is 15.5 Å². The van der Waals surface area contributed by atoms with E-state index in [9.17, 15) is 30.8 Å². The largest absolute Gasteiger partial charge is 0.435 e. The van der Waals surface area contributed by atoms with Gasteiger partial charge < -0.3 is 5.32 Å². The second-order valence-corrected chi connectivity index (χ2v) is 10.8. The lowest BCUT2D eigenvalue weighted by molar-refractivity contribution is -0.141. The molecule has 4 aromatic carbocycles. The highest BCUT2D eigenvalue weighted by molar-refractivity contribution is 7.90. The van der Waals surface area contributed by atoms with Crippen LogP contribution in [0, 0.1) is 5.82 Å². The van der Waals surface area contributed by atoms with Gasteiger partial charge in [0, 0.05) is 23.6 Å². The standard InChI is InChI=1S/C28H19F4N3O3S/c1-39(37,38)25-9-5-4-8-21(25)17-10-12-20(13-11-17)33-27(36)24-16-26(28(30,31)32)34-35(24)23-15-19-7-3-2-6-18(19)14-22(23)29/h2-16H,1H3,(H,33,36). The number of carbonyl (C=O) groups is 1. The molecule has 0 saturated carbocycles. The summed E-state index contributed by atoms with van der Waals surface area (Å²) in [5, 5.41) is 7.09. The third-order valence-corrected chi connectivity index (χ3v) is 7.17. The molecule has 1 amide bonds. The van der Waals surface area contributed by atoms with E-state index in [0.29, 0.717) is 32.6 Å². The average molecular weight is 554 g/mol. The Hall–Kier alpha value is -4.51. The van der Waals surface area contributed by atoms with Gasteiger partial charge in [-0.1, -0.05) is 54.6 Å². The van der Waals surface area contributed by atoms with E-state index < -0.39 is 39.1 Å². The van der Waals surface area contributed by atoms with Crippen LogP contribution < -0.4 is 5.32 Å². The first-order chi connectivity index (χ1) is 18.4. The monoisotopic (exact) mass is 553 g/mol. The van der Waals surface area contributed by atoms with Gasteiger partial charge in [0.2, 0.25) is 0 Å². The lowest BCUT2D eigenvalue weighted by atomic mass is 10.1. The number of hydrogen-bond acceptors (Lipinski definition) is 4. The molecule has 0 aliphatic heterocycles. The van der Waals surface area contributed by atoms with E-state index in [1.54, 1.807) is 54.6 Å². The minimum atomic E-state index is -4.87. The first kappa shape index (κ1) is 26.1. The minimum Gasteiger partial charge on any atom is -0.321 e. The van der Waals surface area contributed by atoms with E-state index in [0.717, 1.165) is 12.3 Å². The fourth-order valence-corrected chi connectivity index (χ4v) is 5.10. The molecule has 1 N–H and O–H groups in total. The van der Waals surface area contributed by atoms with Gasteiger partial charge in [-0.3, -0.25) is 4.79 Å². The zero-order valence-electron chi connectivity index (χ0n) is 20.2. The lowest BCUT2D eigenvalue weighted by Crippen LogP contribution is -2.17. The van der Waals surface area contributed by atoms with E-state index in [4.69, 9.17) is 0 Å². The van der Waals surface area contributed by atoms with Crippen molar-refractivity contribution in [3.8, 4) is 16.8 Å². The molecule has 5 rings (SSSR count). The second kappa shape index (κ2) is 9.66. The molecule has 198 valence electrons. The summed E-state index contributed by atoms with van der Waals surface area (Å²) in [6.07, 6.45) is -3.78. The van der Waals surface area contributed by atoms with Gasteiger partial charge in [-0.05, 0) is 46.7 Å². The number of alkyl halides is 3. The van der Waals surface area contributed by atoms with Crippen LogP contribution in [0.2, 0.25) is 0 Å². The van der Waals surface area contributed by atoms with E-state index in [2.05, 4.69) is 10.4 Å². The van der Waals surface area contributed by atoms with Crippen LogP contribution in [0.5, 0.6) is 0 Å². The lowest BCUT2D eigenvalue weighted by Gasteiger charge is -2.12. The molecule has 0 aliphatic carbocycles. The second-order valence-electron chi connectivity index (χ2n) is 8.77. The fraction of sp³-hybridized carbons (Fsp3) is 0.0714. The molecule has 39 heavy (non-hydrogen) atoms. The first-order valence-electron chi connectivity index (χ1n) is 11.5. The molecule has 0 bridgehead atoms. The van der Waals surface area contributed by atoms with Crippen molar-refractivity contribution < 1.29 is 30.8 Å². The molecule has 0 fully saturated rings. The Kier molecular flexibility index (Phi) is 6.47. The smallest absolute Gasteiger partial charge is 0.321 e. The van der Waals surface area contributed by atoms with Gasteiger partial charge in [-0.2, -0.15) is 18.3 Å². The average Bonchev–Trinajstić information content (AvgIpc) is 3.34. The number of fused-ring (bicyclic) bond motifs is 1. The van der Waals surface area contributed by atoms with Crippen LogP contribution in [0.25, 0.3) is 27.6 Å². The molecule has 0 unspecified atom stereocenters. The van der Waals surface area contributed by atoms with Crippen molar-refractivity contribution >= 4 is 32.2 Å². The topological polar surface area (TPSA) is 81.1 Å². The molecular formula is C28H19F4N3O3S. The van der Waals surface area contributed by atoms with Gasteiger partial charge in [-0.15, -0.1) is 0 Å². The zero-order chi connectivity index (χ0) is 27.9. The molecule has 5 aromatic rings. The fourth-order valence-electron chi connectivity index (χ4n) is 4.18. The molecular weight excluding hydrogens is 534 g/mol. The molecule has 0 atom stereocenters. The molecule has 0 radical (unpaired) electrons. The number of amides is 1. The maximum atomic E-state index is 15.0. The summed E-state index contributed by atoms with van der Waals surface area (Å²) in [6.45, 7) is 0. The highest BCUT2D eigenvalue weighted by atomic mass is 32.2. The quantitative estimate of drug-likeness (QED) is 0.252. The molecule has 1 heterocycles. The molecule has 1 aromatic heterocycles. The number of aromatic nitrogens is 2. The van der Waals surface area contributed by atoms with Crippen molar-refractivity contribution in [2.75, 3.05) is 11.6 Å². The highest BCUT2D eigenvalue weighted by Crippen LogP contribution is 2.32. The van der Waals surface area contributed by atoms with Crippen LogP contribution >= 0.6 is 0 Å². The Labute approximate surface area is 220 Å². The minimum absolute atomic E-state index is 0.128. The van der Waals surface area contributed by atoms with Gasteiger partial charge in [0.1, 0.15) is 17.2 Å². The van der Waals surface area contributed by atoms with Gasteiger partial charge in [-0.25, -0.2) is 17.5 Å². The number of anilines is 1. The predicted octanol–water partition coefficient (Wildman–Crippen LogP) is 6.51. The summed E-state index contributed by atoms with van der Waals surface area (Å²) in [4.78, 5) is 13.3. The normalized spacial score (nSPS) is 12.0. The summed E-state index contributed by atoms with van der Waals surface area (Å²) >= 11 is 0. The maximum Gasteiger partial charge on any atom is 0.435 e. The first-order valence-corrected chi connectivity index (χ1v) is 13.4. The predicted molar refractivity (Wildman–Crippen MR) is 139 cm³/mol. The van der Waals surface area contributed by atoms with E-state index in [1.165, 1.54) is 24.3 Å². The number of rotatable bonds is 5. The number of carbonyl (C=O) groups excluding carboxylic acids is 1. The Balaban J connectivity index is 1.51. The van der Waals surface area contributed by atoms with Crippen LogP contribution in [0.1, 0.15) is 16.2 Å². The third-order valence-electron chi connectivity index (χ3n) is 6.02. The summed E-state index contributed by atoms with van der Waals surface area (Å²) in [5.74, 6) is -1.80. The van der Waals surface area contributed by atoms with E-state index >= 15 is 0 Å². The summed E-state index contributed by atoms with van der Waals surface area (Å²) in [5.41, 5.74) is -0.965. The Morgan fingerprint density at radius 1 is 0.872 bits per heavy atom. The number of sulfone groups is 1. The van der Waals surface area contributed by atoms with Crippen molar-refractivity contribution in [2.24, 2.45) is 0 Å². The zero-order valence-corrected chi connectivity index (χ0v) is 21.0. The molecule has 0 saturated heterocycles. The molecule has 0 aliphatic rings. The van der Waals surface area contributed by atoms with Gasteiger partial charge >= 0.3 is 6.18 Å². The van der Waals surface area contributed by atoms with Crippen LogP contribution in [-0.2, 0) is 16.0 Å². The third kappa shape index (κ3) is 5.26. The van der Waals surface area contributed by atoms with E-state index in [1.807, 2.05) is 0 Å². The van der Waals surface area contributed by atoms with Crippen LogP contribution in [-0.4, -0.2) is 30.4 Å². The van der Waals surface area contributed by atoms with Crippen molar-refractivity contribution in [1.82, 2.24) is 9.78 Å². The van der Waals surface area contributed by atoms with Crippen molar-refractivity contribution in [2.45, 2.75) is 11.1 Å². The highest BCUT2D eigenvalue weighted by Gasteiger charge is 2.36. The van der Waals surface area contributed by atoms with E-state index in [-0.39, 0.29) is 16.3 Å². The summed E-state index contributed by atoms with van der Waals surface area (Å²) in [6, 6.07) is 22.2. The Bertz CT molecular complexity index is 1830. The number of nitrogens with zero attached hydrogens (tertiary/aromatic N) is 2. The Morgan fingerprint density at radius 3 is 2.13 bits per heavy atom. The molecule has 0 spiro atoms. The molecule has 11 heteroatoms. The summed E-state index contributed by atoms with van der Waals surface area (Å²) in [7, 11) is -3.51. The molecule has 6 nitrogen and oxygen atoms in total. The van der Waals surface area contributed by atoms with Crippen molar-refractivity contribution in [3.63, 3.8) is 0 Å². The van der Waals surface area contributed by atoms with Crippen molar-refractivity contribution in [3.05, 3.63) is 108 Å². The maximum absolute atomic E-state index is 15.0. The number of hydrogen-bond donors (Lipinski definition) is 1. The SMILES string of the molecule is CS(=O)(=O)c1ccccc1-c1ccc(NC(=O)c2cc(C(F)(F)F)nn2-c2cc3ccccc3cc2F)cc1.